The molecule has 0 radical (unpaired) electrons. The first-order valence-corrected chi connectivity index (χ1v) is 11.3. The minimum atomic E-state index is -2.65. The Morgan fingerprint density at radius 3 is 2.23 bits per heavy atom. The van der Waals surface area contributed by atoms with Gasteiger partial charge in [0.25, 0.3) is 0 Å². The first kappa shape index (κ1) is 26.8. The predicted molar refractivity (Wildman–Crippen MR) is 130 cm³/mol. The van der Waals surface area contributed by atoms with E-state index in [1.165, 1.54) is 11.1 Å². The molecule has 2 aromatic rings. The van der Waals surface area contributed by atoms with E-state index in [0.717, 1.165) is 35.9 Å². The summed E-state index contributed by atoms with van der Waals surface area (Å²) in [7, 11) is 0. The van der Waals surface area contributed by atoms with Gasteiger partial charge in [0.1, 0.15) is 0 Å². The van der Waals surface area contributed by atoms with Crippen LogP contribution in [-0.2, 0) is 18.3 Å². The SMILES string of the molecule is C=C(NC(C)c1ccc(CCC(C)(F)F)cn1)c1ccc(C(C)(C)C)cc1CC.CC. The van der Waals surface area contributed by atoms with E-state index in [1.54, 1.807) is 6.20 Å². The average molecular weight is 431 g/mol. The van der Waals surface area contributed by atoms with Crippen LogP contribution >= 0.6 is 0 Å². The van der Waals surface area contributed by atoms with Crippen LogP contribution in [0.3, 0.4) is 0 Å². The largest absolute Gasteiger partial charge is 0.377 e. The minimum Gasteiger partial charge on any atom is -0.377 e. The summed E-state index contributed by atoms with van der Waals surface area (Å²) >= 11 is 0. The summed E-state index contributed by atoms with van der Waals surface area (Å²) in [6, 6.07) is 10.3. The Balaban J connectivity index is 0.00000233. The van der Waals surface area contributed by atoms with E-state index in [-0.39, 0.29) is 17.9 Å². The highest BCUT2D eigenvalue weighted by Gasteiger charge is 2.20. The van der Waals surface area contributed by atoms with E-state index in [4.69, 9.17) is 0 Å². The molecule has 2 nitrogen and oxygen atoms in total. The van der Waals surface area contributed by atoms with Crippen molar-refractivity contribution in [3.63, 3.8) is 0 Å². The third kappa shape index (κ3) is 8.43. The van der Waals surface area contributed by atoms with Gasteiger partial charge in [-0.15, -0.1) is 0 Å². The second kappa shape index (κ2) is 11.4. The fourth-order valence-electron chi connectivity index (χ4n) is 3.26. The van der Waals surface area contributed by atoms with Gasteiger partial charge in [-0.25, -0.2) is 8.78 Å². The Labute approximate surface area is 188 Å². The van der Waals surface area contributed by atoms with Crippen molar-refractivity contribution in [2.45, 2.75) is 92.0 Å². The lowest BCUT2D eigenvalue weighted by Crippen LogP contribution is -2.19. The lowest BCUT2D eigenvalue weighted by molar-refractivity contribution is 0.0133. The number of alkyl halides is 2. The van der Waals surface area contributed by atoms with Gasteiger partial charge < -0.3 is 5.32 Å². The van der Waals surface area contributed by atoms with Crippen molar-refractivity contribution in [3.05, 3.63) is 71.1 Å². The molecule has 2 rings (SSSR count). The number of benzene rings is 1. The van der Waals surface area contributed by atoms with Gasteiger partial charge in [0.2, 0.25) is 5.92 Å². The van der Waals surface area contributed by atoms with Crippen molar-refractivity contribution >= 4 is 5.70 Å². The van der Waals surface area contributed by atoms with Gasteiger partial charge in [-0.2, -0.15) is 0 Å². The van der Waals surface area contributed by atoms with Crippen molar-refractivity contribution in [1.82, 2.24) is 10.3 Å². The van der Waals surface area contributed by atoms with Gasteiger partial charge in [0, 0.05) is 23.9 Å². The summed E-state index contributed by atoms with van der Waals surface area (Å²) in [5.74, 6) is -2.65. The quantitative estimate of drug-likeness (QED) is 0.461. The van der Waals surface area contributed by atoms with Crippen LogP contribution in [0.4, 0.5) is 8.78 Å². The van der Waals surface area contributed by atoms with Crippen molar-refractivity contribution in [2.24, 2.45) is 0 Å². The van der Waals surface area contributed by atoms with E-state index in [9.17, 15) is 8.78 Å². The van der Waals surface area contributed by atoms with E-state index in [1.807, 2.05) is 32.9 Å². The number of halogens is 2. The Bertz CT molecular complexity index is 828. The lowest BCUT2D eigenvalue weighted by atomic mass is 9.84. The molecular weight excluding hydrogens is 390 g/mol. The van der Waals surface area contributed by atoms with Gasteiger partial charge in [0.15, 0.2) is 0 Å². The molecule has 0 aliphatic rings. The maximum atomic E-state index is 13.0. The van der Waals surface area contributed by atoms with E-state index >= 15 is 0 Å². The summed E-state index contributed by atoms with van der Waals surface area (Å²) in [4.78, 5) is 4.47. The van der Waals surface area contributed by atoms with Crippen molar-refractivity contribution in [2.75, 3.05) is 0 Å². The van der Waals surface area contributed by atoms with Crippen LogP contribution in [0.1, 0.15) is 95.8 Å². The third-order valence-electron chi connectivity index (χ3n) is 5.21. The Kier molecular flexibility index (Phi) is 9.86. The summed E-state index contributed by atoms with van der Waals surface area (Å²) in [5.41, 5.74) is 6.37. The topological polar surface area (TPSA) is 24.9 Å². The molecule has 0 aliphatic carbocycles. The molecule has 0 spiro atoms. The van der Waals surface area contributed by atoms with Gasteiger partial charge in [-0.05, 0) is 54.9 Å². The number of nitrogens with zero attached hydrogens (tertiary/aromatic N) is 1. The Morgan fingerprint density at radius 2 is 1.74 bits per heavy atom. The first-order valence-electron chi connectivity index (χ1n) is 11.3. The van der Waals surface area contributed by atoms with E-state index in [0.29, 0.717) is 6.42 Å². The molecule has 0 saturated carbocycles. The number of hydrogen-bond donors (Lipinski definition) is 1. The predicted octanol–water partition coefficient (Wildman–Crippen LogP) is 7.88. The second-order valence-electron chi connectivity index (χ2n) is 8.98. The fraction of sp³-hybridized carbons (Fsp3) is 0.519. The highest BCUT2D eigenvalue weighted by atomic mass is 19.3. The highest BCUT2D eigenvalue weighted by Crippen LogP contribution is 2.28. The summed E-state index contributed by atoms with van der Waals surface area (Å²) in [6.07, 6.45) is 2.79. The molecule has 1 atom stereocenters. The fourth-order valence-corrected chi connectivity index (χ4v) is 3.26. The molecule has 172 valence electrons. The summed E-state index contributed by atoms with van der Waals surface area (Å²) < 4.78 is 26.1. The molecule has 0 saturated heterocycles. The second-order valence-corrected chi connectivity index (χ2v) is 8.98. The maximum Gasteiger partial charge on any atom is 0.245 e. The van der Waals surface area contributed by atoms with Crippen LogP contribution in [-0.4, -0.2) is 10.9 Å². The van der Waals surface area contributed by atoms with Gasteiger partial charge >= 0.3 is 0 Å². The van der Waals surface area contributed by atoms with Crippen LogP contribution in [0.5, 0.6) is 0 Å². The first-order chi connectivity index (χ1) is 14.4. The molecule has 1 aromatic heterocycles. The number of nitrogens with one attached hydrogen (secondary N) is 1. The minimum absolute atomic E-state index is 0.0313. The number of rotatable bonds is 8. The maximum absolute atomic E-state index is 13.0. The van der Waals surface area contributed by atoms with Gasteiger partial charge in [-0.3, -0.25) is 4.98 Å². The zero-order valence-electron chi connectivity index (χ0n) is 20.6. The van der Waals surface area contributed by atoms with Crippen LogP contribution in [0.25, 0.3) is 5.70 Å². The Morgan fingerprint density at radius 1 is 1.10 bits per heavy atom. The lowest BCUT2D eigenvalue weighted by Gasteiger charge is -2.23. The van der Waals surface area contributed by atoms with Gasteiger partial charge in [0.05, 0.1) is 11.7 Å². The molecule has 0 bridgehead atoms. The molecule has 1 heterocycles. The number of aromatic nitrogens is 1. The normalized spacial score (nSPS) is 12.6. The van der Waals surface area contributed by atoms with Gasteiger partial charge in [-0.1, -0.05) is 72.4 Å². The van der Waals surface area contributed by atoms with E-state index in [2.05, 4.69) is 62.8 Å². The van der Waals surface area contributed by atoms with Crippen molar-refractivity contribution in [1.29, 1.82) is 0 Å². The number of hydrogen-bond acceptors (Lipinski definition) is 2. The molecule has 4 heteroatoms. The molecule has 0 aliphatic heterocycles. The third-order valence-corrected chi connectivity index (χ3v) is 5.21. The zero-order chi connectivity index (χ0) is 23.8. The molecule has 31 heavy (non-hydrogen) atoms. The molecule has 1 unspecified atom stereocenters. The van der Waals surface area contributed by atoms with E-state index < -0.39 is 5.92 Å². The Hall–Kier alpha value is -2.23. The zero-order valence-corrected chi connectivity index (χ0v) is 20.6. The molecule has 1 aromatic carbocycles. The highest BCUT2D eigenvalue weighted by molar-refractivity contribution is 5.66. The summed E-state index contributed by atoms with van der Waals surface area (Å²) in [5, 5.41) is 3.44. The van der Waals surface area contributed by atoms with Crippen LogP contribution in [0, 0.1) is 0 Å². The molecule has 1 N–H and O–H groups in total. The standard InChI is InChI=1S/C25H34F2N2.C2H6/c1-8-20-15-21(24(4,5)6)10-11-22(20)17(2)29-18(3)23-12-9-19(16-28-23)13-14-25(7,26)27;1-2/h9-12,15-16,18,29H,2,8,13-14H2,1,3-7H3;1-2H3. The molecular formula is C27H40F2N2. The van der Waals surface area contributed by atoms with Crippen LogP contribution < -0.4 is 5.32 Å². The van der Waals surface area contributed by atoms with Crippen molar-refractivity contribution < 1.29 is 8.78 Å². The summed E-state index contributed by atoms with van der Waals surface area (Å²) in [6.45, 7) is 20.0. The average Bonchev–Trinajstić information content (AvgIpc) is 2.72. The molecule has 0 amide bonds. The number of aryl methyl sites for hydroxylation is 2. The smallest absolute Gasteiger partial charge is 0.245 e. The van der Waals surface area contributed by atoms with Crippen LogP contribution in [0.2, 0.25) is 0 Å². The molecule has 0 fully saturated rings. The monoisotopic (exact) mass is 430 g/mol. The van der Waals surface area contributed by atoms with Crippen LogP contribution in [0.15, 0.2) is 43.1 Å². The number of pyridine rings is 1. The van der Waals surface area contributed by atoms with Crippen molar-refractivity contribution in [3.8, 4) is 0 Å².